The highest BCUT2D eigenvalue weighted by Gasteiger charge is 2.10. The number of carbonyl (C=O) groups is 1. The number of hydrogen-bond donors (Lipinski definition) is 1. The van der Waals surface area contributed by atoms with Gasteiger partial charge in [-0.05, 0) is 0 Å². The molecule has 0 bridgehead atoms. The Bertz CT molecular complexity index is 199. The van der Waals surface area contributed by atoms with Crippen LogP contribution in [0.4, 0.5) is 0 Å². The molecule has 0 aromatic rings. The SMILES string of the molecule is N#CCC(C#N)CC(=O)O. The summed E-state index contributed by atoms with van der Waals surface area (Å²) in [6, 6.07) is 3.47. The lowest BCUT2D eigenvalue weighted by Crippen LogP contribution is -2.04. The fraction of sp³-hybridized carbons (Fsp3) is 0.500. The maximum atomic E-state index is 9.98. The molecular formula is C6H6N2O2. The molecule has 0 aliphatic heterocycles. The lowest BCUT2D eigenvalue weighted by molar-refractivity contribution is -0.137. The number of hydrogen-bond acceptors (Lipinski definition) is 3. The third kappa shape index (κ3) is 3.45. The van der Waals surface area contributed by atoms with Crippen LogP contribution in [-0.2, 0) is 4.79 Å². The first-order valence-electron chi connectivity index (χ1n) is 2.69. The second kappa shape index (κ2) is 4.34. The van der Waals surface area contributed by atoms with Crippen molar-refractivity contribution in [3.63, 3.8) is 0 Å². The molecular weight excluding hydrogens is 132 g/mol. The monoisotopic (exact) mass is 138 g/mol. The van der Waals surface area contributed by atoms with Gasteiger partial charge in [0.15, 0.2) is 0 Å². The molecule has 0 aromatic carbocycles. The van der Waals surface area contributed by atoms with Gasteiger partial charge in [-0.2, -0.15) is 10.5 Å². The van der Waals surface area contributed by atoms with Crippen molar-refractivity contribution >= 4 is 5.97 Å². The van der Waals surface area contributed by atoms with Crippen LogP contribution in [0.15, 0.2) is 0 Å². The maximum Gasteiger partial charge on any atom is 0.304 e. The maximum absolute atomic E-state index is 9.98. The van der Waals surface area contributed by atoms with Crippen molar-refractivity contribution in [3.05, 3.63) is 0 Å². The zero-order chi connectivity index (χ0) is 7.98. The molecule has 10 heavy (non-hydrogen) atoms. The van der Waals surface area contributed by atoms with Crippen LogP contribution >= 0.6 is 0 Å². The molecule has 0 radical (unpaired) electrons. The van der Waals surface area contributed by atoms with Gasteiger partial charge in [0.25, 0.3) is 0 Å². The first-order chi connectivity index (χ1) is 4.70. The highest BCUT2D eigenvalue weighted by atomic mass is 16.4. The summed E-state index contributed by atoms with van der Waals surface area (Å²) in [5.41, 5.74) is 0. The summed E-state index contributed by atoms with van der Waals surface area (Å²) in [6.45, 7) is 0. The van der Waals surface area contributed by atoms with Crippen molar-refractivity contribution in [1.29, 1.82) is 10.5 Å². The molecule has 0 aromatic heterocycles. The summed E-state index contributed by atoms with van der Waals surface area (Å²) < 4.78 is 0. The first-order valence-corrected chi connectivity index (χ1v) is 2.69. The molecule has 0 heterocycles. The topological polar surface area (TPSA) is 84.9 Å². The summed E-state index contributed by atoms with van der Waals surface area (Å²) in [5.74, 6) is -1.70. The van der Waals surface area contributed by atoms with E-state index in [1.807, 2.05) is 0 Å². The van der Waals surface area contributed by atoms with E-state index >= 15 is 0 Å². The van der Waals surface area contributed by atoms with E-state index in [1.165, 1.54) is 0 Å². The van der Waals surface area contributed by atoms with Crippen molar-refractivity contribution in [2.75, 3.05) is 0 Å². The predicted octanol–water partition coefficient (Wildman–Crippen LogP) is 0.515. The molecule has 0 aliphatic carbocycles. The van der Waals surface area contributed by atoms with Gasteiger partial charge in [-0.25, -0.2) is 0 Å². The van der Waals surface area contributed by atoms with Crippen molar-refractivity contribution < 1.29 is 9.90 Å². The Morgan fingerprint density at radius 3 is 2.50 bits per heavy atom. The smallest absolute Gasteiger partial charge is 0.304 e. The number of carboxylic acid groups (broad SMARTS) is 1. The van der Waals surface area contributed by atoms with Gasteiger partial charge in [0.1, 0.15) is 0 Å². The molecule has 4 heteroatoms. The Morgan fingerprint density at radius 1 is 1.60 bits per heavy atom. The van der Waals surface area contributed by atoms with Gasteiger partial charge in [-0.15, -0.1) is 0 Å². The highest BCUT2D eigenvalue weighted by molar-refractivity contribution is 5.67. The largest absolute Gasteiger partial charge is 0.481 e. The average Bonchev–Trinajstić information content (AvgIpc) is 1.86. The lowest BCUT2D eigenvalue weighted by Gasteiger charge is -1.96. The minimum absolute atomic E-state index is 0.0111. The second-order valence-electron chi connectivity index (χ2n) is 1.79. The van der Waals surface area contributed by atoms with Crippen molar-refractivity contribution in [2.24, 2.45) is 5.92 Å². The van der Waals surface area contributed by atoms with Gasteiger partial charge in [-0.1, -0.05) is 0 Å². The Morgan fingerprint density at radius 2 is 2.20 bits per heavy atom. The van der Waals surface area contributed by atoms with Gasteiger partial charge in [0.05, 0.1) is 30.9 Å². The van der Waals surface area contributed by atoms with E-state index in [0.29, 0.717) is 0 Å². The molecule has 0 rings (SSSR count). The standard InChI is InChI=1S/C6H6N2O2/c7-2-1-5(4-8)3-6(9)10/h5H,1,3H2,(H,9,10). The van der Waals surface area contributed by atoms with Crippen LogP contribution in [0.5, 0.6) is 0 Å². The molecule has 0 amide bonds. The number of aliphatic carboxylic acids is 1. The van der Waals surface area contributed by atoms with Crippen LogP contribution in [0.3, 0.4) is 0 Å². The summed E-state index contributed by atoms with van der Waals surface area (Å²) >= 11 is 0. The predicted molar refractivity (Wildman–Crippen MR) is 31.6 cm³/mol. The van der Waals surface area contributed by atoms with Gasteiger partial charge in [-0.3, -0.25) is 4.79 Å². The molecule has 1 atom stereocenters. The van der Waals surface area contributed by atoms with Crippen molar-refractivity contribution in [3.8, 4) is 12.1 Å². The third-order valence-electron chi connectivity index (χ3n) is 0.941. The van der Waals surface area contributed by atoms with E-state index < -0.39 is 11.9 Å². The molecule has 0 spiro atoms. The lowest BCUT2D eigenvalue weighted by atomic mass is 10.1. The van der Waals surface area contributed by atoms with Crippen molar-refractivity contribution in [1.82, 2.24) is 0 Å². The zero-order valence-corrected chi connectivity index (χ0v) is 5.24. The van der Waals surface area contributed by atoms with Crippen LogP contribution in [0.2, 0.25) is 0 Å². The van der Waals surface area contributed by atoms with Crippen molar-refractivity contribution in [2.45, 2.75) is 12.8 Å². The molecule has 0 saturated carbocycles. The Balaban J connectivity index is 3.77. The molecule has 0 aliphatic rings. The minimum Gasteiger partial charge on any atom is -0.481 e. The Hall–Kier alpha value is -1.55. The fourth-order valence-electron chi connectivity index (χ4n) is 0.484. The quantitative estimate of drug-likeness (QED) is 0.615. The van der Waals surface area contributed by atoms with Gasteiger partial charge in [0.2, 0.25) is 0 Å². The summed E-state index contributed by atoms with van der Waals surface area (Å²) in [6.07, 6.45) is -0.257. The number of nitrogens with zero attached hydrogens (tertiary/aromatic N) is 2. The normalized spacial score (nSPS) is 11.0. The average molecular weight is 138 g/mol. The van der Waals surface area contributed by atoms with Gasteiger partial charge < -0.3 is 5.11 Å². The highest BCUT2D eigenvalue weighted by Crippen LogP contribution is 2.04. The van der Waals surface area contributed by atoms with E-state index in [4.69, 9.17) is 15.6 Å². The van der Waals surface area contributed by atoms with Crippen LogP contribution in [-0.4, -0.2) is 11.1 Å². The minimum atomic E-state index is -1.04. The molecule has 4 nitrogen and oxygen atoms in total. The molecule has 1 unspecified atom stereocenters. The third-order valence-corrected chi connectivity index (χ3v) is 0.941. The van der Waals surface area contributed by atoms with Gasteiger partial charge >= 0.3 is 5.97 Å². The van der Waals surface area contributed by atoms with Gasteiger partial charge in [0, 0.05) is 0 Å². The zero-order valence-electron chi connectivity index (χ0n) is 5.24. The van der Waals surface area contributed by atoms with E-state index in [1.54, 1.807) is 12.1 Å². The van der Waals surface area contributed by atoms with E-state index in [0.717, 1.165) is 0 Å². The first kappa shape index (κ1) is 8.45. The van der Waals surface area contributed by atoms with E-state index in [2.05, 4.69) is 0 Å². The second-order valence-corrected chi connectivity index (χ2v) is 1.79. The molecule has 1 N–H and O–H groups in total. The summed E-state index contributed by atoms with van der Waals surface area (Å²) in [7, 11) is 0. The number of rotatable bonds is 3. The molecule has 0 fully saturated rings. The van der Waals surface area contributed by atoms with Crippen LogP contribution in [0, 0.1) is 28.6 Å². The fourth-order valence-corrected chi connectivity index (χ4v) is 0.484. The molecule has 0 saturated heterocycles. The van der Waals surface area contributed by atoms with E-state index in [9.17, 15) is 4.79 Å². The number of carboxylic acids is 1. The summed E-state index contributed by atoms with van der Waals surface area (Å²) in [4.78, 5) is 9.98. The Kier molecular flexibility index (Phi) is 3.67. The van der Waals surface area contributed by atoms with E-state index in [-0.39, 0.29) is 12.8 Å². The van der Waals surface area contributed by atoms with Crippen LogP contribution in [0.25, 0.3) is 0 Å². The Labute approximate surface area is 58.3 Å². The van der Waals surface area contributed by atoms with Crippen LogP contribution < -0.4 is 0 Å². The number of nitriles is 2. The summed E-state index contributed by atoms with van der Waals surface area (Å²) in [5, 5.41) is 24.5. The van der Waals surface area contributed by atoms with Crippen LogP contribution in [0.1, 0.15) is 12.8 Å². The molecule has 52 valence electrons.